The maximum Gasteiger partial charge on any atom is 0.274 e. The number of aromatic hydroxyl groups is 1. The molecule has 3 aromatic rings. The molecule has 1 aliphatic carbocycles. The topological polar surface area (TPSA) is 121 Å². The molecule has 0 saturated heterocycles. The first-order valence-electron chi connectivity index (χ1n) is 10.7. The van der Waals surface area contributed by atoms with Crippen LogP contribution in [0.1, 0.15) is 41.7 Å². The minimum absolute atomic E-state index is 0.0383. The van der Waals surface area contributed by atoms with E-state index in [4.69, 9.17) is 5.73 Å². The van der Waals surface area contributed by atoms with E-state index in [0.717, 1.165) is 17.7 Å². The largest absolute Gasteiger partial charge is 0.508 e. The van der Waals surface area contributed by atoms with Gasteiger partial charge in [-0.3, -0.25) is 9.78 Å². The monoisotopic (exact) mass is 472 g/mol. The fourth-order valence-electron chi connectivity index (χ4n) is 4.41. The summed E-state index contributed by atoms with van der Waals surface area (Å²) in [5.41, 5.74) is 5.48. The molecule has 1 aromatic carbocycles. The van der Waals surface area contributed by atoms with Gasteiger partial charge in [0.2, 0.25) is 0 Å². The van der Waals surface area contributed by atoms with Gasteiger partial charge in [-0.15, -0.1) is 0 Å². The zero-order valence-corrected chi connectivity index (χ0v) is 18.2. The highest BCUT2D eigenvalue weighted by Gasteiger charge is 2.34. The van der Waals surface area contributed by atoms with Gasteiger partial charge in [-0.1, -0.05) is 6.92 Å². The molecule has 2 heterocycles. The van der Waals surface area contributed by atoms with E-state index in [9.17, 15) is 28.2 Å². The molecule has 0 radical (unpaired) electrons. The fourth-order valence-corrected chi connectivity index (χ4v) is 4.41. The summed E-state index contributed by atoms with van der Waals surface area (Å²) in [5, 5.41) is 22.2. The first kappa shape index (κ1) is 23.7. The van der Waals surface area contributed by atoms with Crippen molar-refractivity contribution in [3.05, 3.63) is 71.4 Å². The van der Waals surface area contributed by atoms with Gasteiger partial charge in [-0.05, 0) is 48.4 Å². The van der Waals surface area contributed by atoms with Crippen molar-refractivity contribution in [1.29, 1.82) is 0 Å². The van der Waals surface area contributed by atoms with Crippen molar-refractivity contribution in [2.45, 2.75) is 37.8 Å². The molecule has 5 N–H and O–H groups in total. The highest BCUT2D eigenvalue weighted by Crippen LogP contribution is 2.38. The SMILES string of the molecule is C[C@H]1CC(c2ccncc2NC(=O)c2ccc(F)c(-c3c(F)cc(O)cc3F)n2)C[C@@H](N)[C@@H]1O. The van der Waals surface area contributed by atoms with Crippen LogP contribution in [0.4, 0.5) is 18.9 Å². The zero-order valence-electron chi connectivity index (χ0n) is 18.2. The lowest BCUT2D eigenvalue weighted by Gasteiger charge is -2.36. The first-order valence-corrected chi connectivity index (χ1v) is 10.7. The van der Waals surface area contributed by atoms with Gasteiger partial charge in [0.1, 0.15) is 34.6 Å². The highest BCUT2D eigenvalue weighted by molar-refractivity contribution is 6.03. The van der Waals surface area contributed by atoms with Gasteiger partial charge in [-0.2, -0.15) is 0 Å². The Morgan fingerprint density at radius 1 is 1.12 bits per heavy atom. The summed E-state index contributed by atoms with van der Waals surface area (Å²) in [4.78, 5) is 20.8. The van der Waals surface area contributed by atoms with Crippen molar-refractivity contribution in [3.8, 4) is 17.0 Å². The number of amides is 1. The lowest BCUT2D eigenvalue weighted by molar-refractivity contribution is 0.0521. The average molecular weight is 472 g/mol. The van der Waals surface area contributed by atoms with E-state index >= 15 is 0 Å². The molecule has 1 saturated carbocycles. The third kappa shape index (κ3) is 4.59. The normalized spacial score (nSPS) is 22.4. The molecule has 1 unspecified atom stereocenters. The number of nitrogens with zero attached hydrogens (tertiary/aromatic N) is 2. The zero-order chi connectivity index (χ0) is 24.6. The van der Waals surface area contributed by atoms with Crippen LogP contribution < -0.4 is 11.1 Å². The average Bonchev–Trinajstić information content (AvgIpc) is 2.78. The molecule has 1 aliphatic rings. The summed E-state index contributed by atoms with van der Waals surface area (Å²) < 4.78 is 42.9. The van der Waals surface area contributed by atoms with Crippen LogP contribution in [-0.4, -0.2) is 38.2 Å². The van der Waals surface area contributed by atoms with Gasteiger partial charge in [-0.25, -0.2) is 18.2 Å². The number of phenols is 1. The number of nitrogens with one attached hydrogen (secondary N) is 1. The quantitative estimate of drug-likeness (QED) is 0.459. The Hall–Kier alpha value is -3.50. The highest BCUT2D eigenvalue weighted by atomic mass is 19.1. The summed E-state index contributed by atoms with van der Waals surface area (Å²) in [6, 6.07) is 4.57. The smallest absolute Gasteiger partial charge is 0.274 e. The number of aromatic nitrogens is 2. The van der Waals surface area contributed by atoms with Gasteiger partial charge in [0.25, 0.3) is 5.91 Å². The number of aliphatic hydroxyl groups excluding tert-OH is 1. The summed E-state index contributed by atoms with van der Waals surface area (Å²) in [7, 11) is 0. The van der Waals surface area contributed by atoms with E-state index < -0.39 is 52.5 Å². The molecule has 0 bridgehead atoms. The minimum atomic E-state index is -1.22. The van der Waals surface area contributed by atoms with E-state index in [1.165, 1.54) is 6.20 Å². The Bertz CT molecular complexity index is 1200. The summed E-state index contributed by atoms with van der Waals surface area (Å²) in [5.74, 6) is -4.96. The molecule has 7 nitrogen and oxygen atoms in total. The molecule has 4 rings (SSSR count). The Morgan fingerprint density at radius 2 is 1.82 bits per heavy atom. The molecule has 34 heavy (non-hydrogen) atoms. The van der Waals surface area contributed by atoms with Crippen LogP contribution in [-0.2, 0) is 0 Å². The third-order valence-corrected chi connectivity index (χ3v) is 6.12. The molecule has 0 spiro atoms. The number of pyridine rings is 2. The molecule has 2 aromatic heterocycles. The van der Waals surface area contributed by atoms with Crippen LogP contribution in [0.3, 0.4) is 0 Å². The van der Waals surface area contributed by atoms with Crippen molar-refractivity contribution in [1.82, 2.24) is 9.97 Å². The number of hydrogen-bond donors (Lipinski definition) is 4. The molecule has 178 valence electrons. The second-order valence-corrected chi connectivity index (χ2v) is 8.53. The fraction of sp³-hybridized carbons (Fsp3) is 0.292. The maximum atomic E-state index is 14.4. The van der Waals surface area contributed by atoms with Crippen LogP contribution in [0.15, 0.2) is 42.7 Å². The first-order chi connectivity index (χ1) is 16.2. The Morgan fingerprint density at radius 3 is 2.50 bits per heavy atom. The lowest BCUT2D eigenvalue weighted by Crippen LogP contribution is -2.44. The summed E-state index contributed by atoms with van der Waals surface area (Å²) in [6.45, 7) is 1.90. The van der Waals surface area contributed by atoms with Gasteiger partial charge in [0.15, 0.2) is 0 Å². The molecular weight excluding hydrogens is 449 g/mol. The van der Waals surface area contributed by atoms with Crippen molar-refractivity contribution < 1.29 is 28.2 Å². The summed E-state index contributed by atoms with van der Waals surface area (Å²) >= 11 is 0. The molecular formula is C24H23F3N4O3. The Kier molecular flexibility index (Phi) is 6.54. The van der Waals surface area contributed by atoms with Crippen LogP contribution in [0.5, 0.6) is 5.75 Å². The van der Waals surface area contributed by atoms with Crippen molar-refractivity contribution in [2.24, 2.45) is 11.7 Å². The number of nitrogens with two attached hydrogens (primary N) is 1. The van der Waals surface area contributed by atoms with Crippen molar-refractivity contribution >= 4 is 11.6 Å². The number of anilines is 1. The standard InChI is InChI=1S/C24H23F3N4O3/c1-11-6-12(7-18(28)23(11)33)14-4-5-29-10-20(14)31-24(34)19-3-2-15(25)22(30-19)21-16(26)8-13(32)9-17(21)27/h2-5,8-12,18,23,32-33H,6-7,28H2,1H3,(H,31,34)/t11-,12?,18+,23+/m0/s1. The number of hydrogen-bond acceptors (Lipinski definition) is 6. The molecule has 10 heteroatoms. The van der Waals surface area contributed by atoms with Gasteiger partial charge < -0.3 is 21.3 Å². The summed E-state index contributed by atoms with van der Waals surface area (Å²) in [6.07, 6.45) is 3.59. The van der Waals surface area contributed by atoms with Crippen molar-refractivity contribution in [2.75, 3.05) is 5.32 Å². The predicted molar refractivity (Wildman–Crippen MR) is 119 cm³/mol. The molecule has 0 aliphatic heterocycles. The molecule has 4 atom stereocenters. The van der Waals surface area contributed by atoms with Gasteiger partial charge in [0, 0.05) is 24.4 Å². The predicted octanol–water partition coefficient (Wildman–Crippen LogP) is 3.72. The van der Waals surface area contributed by atoms with Crippen LogP contribution >= 0.6 is 0 Å². The molecule has 1 fully saturated rings. The number of carbonyl (C=O) groups excluding carboxylic acids is 1. The Labute approximate surface area is 193 Å². The lowest BCUT2D eigenvalue weighted by atomic mass is 9.74. The number of benzene rings is 1. The van der Waals surface area contributed by atoms with Crippen LogP contribution in [0.25, 0.3) is 11.3 Å². The van der Waals surface area contributed by atoms with E-state index in [-0.39, 0.29) is 17.5 Å². The van der Waals surface area contributed by atoms with Crippen LogP contribution in [0.2, 0.25) is 0 Å². The number of carbonyl (C=O) groups is 1. The number of rotatable bonds is 4. The van der Waals surface area contributed by atoms with Gasteiger partial charge >= 0.3 is 0 Å². The van der Waals surface area contributed by atoms with E-state index in [0.29, 0.717) is 30.7 Å². The third-order valence-electron chi connectivity index (χ3n) is 6.12. The molecule has 1 amide bonds. The number of aliphatic hydroxyl groups is 1. The van der Waals surface area contributed by atoms with Crippen LogP contribution in [0, 0.1) is 23.4 Å². The second-order valence-electron chi connectivity index (χ2n) is 8.53. The number of halogens is 3. The van der Waals surface area contributed by atoms with E-state index in [2.05, 4.69) is 15.3 Å². The van der Waals surface area contributed by atoms with Crippen molar-refractivity contribution in [3.63, 3.8) is 0 Å². The maximum absolute atomic E-state index is 14.4. The van der Waals surface area contributed by atoms with E-state index in [1.54, 1.807) is 12.3 Å². The Balaban J connectivity index is 1.64. The van der Waals surface area contributed by atoms with E-state index in [1.807, 2.05) is 6.92 Å². The second kappa shape index (κ2) is 9.40. The van der Waals surface area contributed by atoms with Gasteiger partial charge in [0.05, 0.1) is 23.6 Å². The number of phenolic OH excluding ortho intramolecular Hbond substituents is 1. The minimum Gasteiger partial charge on any atom is -0.508 e.